The van der Waals surface area contributed by atoms with Crippen LogP contribution in [0.2, 0.25) is 0 Å². The maximum Gasteiger partial charge on any atom is 0.0713 e. The fourth-order valence-corrected chi connectivity index (χ4v) is 9.66. The molecule has 0 amide bonds. The van der Waals surface area contributed by atoms with Crippen LogP contribution in [-0.2, 0) is 16.2 Å². The van der Waals surface area contributed by atoms with Gasteiger partial charge in [-0.2, -0.15) is 0 Å². The minimum absolute atomic E-state index is 0.0237. The van der Waals surface area contributed by atoms with Gasteiger partial charge in [-0.3, -0.25) is 0 Å². The molecule has 0 unspecified atom stereocenters. The molecule has 0 saturated carbocycles. The standard InChI is InChI=1S/C49H42S/c1-47(2,3)33-16-11-18-35(29-33)49(36-19-12-17-34(30-36)48(4,5)6)41-23-8-7-20-39(41)46-37(21-13-24-42(46)49)32-26-27-43-40(28-32)38-22-9-14-31-15-10-25-44(50-43)45(31)38/h7-30H,1-6H3. The first-order chi connectivity index (χ1) is 24.0. The molecule has 0 spiro atoms. The van der Waals surface area contributed by atoms with E-state index >= 15 is 0 Å². The minimum Gasteiger partial charge on any atom is -0.0888 e. The summed E-state index contributed by atoms with van der Waals surface area (Å²) in [6.07, 6.45) is 0. The molecular formula is C49H42S. The highest BCUT2D eigenvalue weighted by Gasteiger charge is 2.47. The molecule has 0 N–H and O–H groups in total. The van der Waals surface area contributed by atoms with Gasteiger partial charge in [0.25, 0.3) is 0 Å². The normalized spacial score (nSPS) is 14.3. The van der Waals surface area contributed by atoms with Gasteiger partial charge < -0.3 is 0 Å². The Morgan fingerprint density at radius 1 is 0.440 bits per heavy atom. The van der Waals surface area contributed by atoms with Crippen LogP contribution in [0.1, 0.15) is 74.9 Å². The summed E-state index contributed by atoms with van der Waals surface area (Å²) in [7, 11) is 0. The zero-order valence-electron chi connectivity index (χ0n) is 29.8. The fraction of sp³-hybridized carbons (Fsp3) is 0.184. The highest BCUT2D eigenvalue weighted by molar-refractivity contribution is 7.99. The van der Waals surface area contributed by atoms with Crippen LogP contribution in [0.4, 0.5) is 0 Å². The maximum atomic E-state index is 2.48. The predicted molar refractivity (Wildman–Crippen MR) is 214 cm³/mol. The Hall–Kier alpha value is -4.85. The third-order valence-corrected chi connectivity index (χ3v) is 12.2. The fourth-order valence-electron chi connectivity index (χ4n) is 8.53. The van der Waals surface area contributed by atoms with Crippen LogP contribution >= 0.6 is 11.8 Å². The molecule has 0 bridgehead atoms. The Balaban J connectivity index is 1.34. The van der Waals surface area contributed by atoms with Crippen LogP contribution in [0.3, 0.4) is 0 Å². The van der Waals surface area contributed by atoms with E-state index in [9.17, 15) is 0 Å². The highest BCUT2D eigenvalue weighted by atomic mass is 32.2. The molecule has 0 nitrogen and oxygen atoms in total. The summed E-state index contributed by atoms with van der Waals surface area (Å²) in [5.41, 5.74) is 15.5. The lowest BCUT2D eigenvalue weighted by Gasteiger charge is -2.36. The molecule has 9 rings (SSSR count). The second kappa shape index (κ2) is 11.1. The number of hydrogen-bond donors (Lipinski definition) is 0. The third-order valence-electron chi connectivity index (χ3n) is 11.1. The molecule has 0 fully saturated rings. The molecule has 1 heteroatoms. The van der Waals surface area contributed by atoms with Gasteiger partial charge in [0, 0.05) is 15.2 Å². The van der Waals surface area contributed by atoms with Gasteiger partial charge in [-0.1, -0.05) is 181 Å². The van der Waals surface area contributed by atoms with Gasteiger partial charge >= 0.3 is 0 Å². The first-order valence-electron chi connectivity index (χ1n) is 17.8. The average Bonchev–Trinajstić information content (AvgIpc) is 3.43. The zero-order valence-corrected chi connectivity index (χ0v) is 30.6. The number of hydrogen-bond acceptors (Lipinski definition) is 1. The van der Waals surface area contributed by atoms with Gasteiger partial charge in [-0.05, 0) is 101 Å². The predicted octanol–water partition coefficient (Wildman–Crippen LogP) is 13.6. The van der Waals surface area contributed by atoms with Crippen molar-refractivity contribution in [3.05, 3.63) is 179 Å². The van der Waals surface area contributed by atoms with E-state index < -0.39 is 5.41 Å². The molecule has 1 aliphatic carbocycles. The Morgan fingerprint density at radius 3 is 1.72 bits per heavy atom. The van der Waals surface area contributed by atoms with Crippen molar-refractivity contribution in [3.63, 3.8) is 0 Å². The van der Waals surface area contributed by atoms with Gasteiger partial charge in [0.05, 0.1) is 5.41 Å². The lowest BCUT2D eigenvalue weighted by atomic mass is 9.66. The van der Waals surface area contributed by atoms with Crippen LogP contribution in [-0.4, -0.2) is 0 Å². The smallest absolute Gasteiger partial charge is 0.0713 e. The summed E-state index contributed by atoms with van der Waals surface area (Å²) in [6.45, 7) is 13.9. The van der Waals surface area contributed by atoms with Gasteiger partial charge in [0.15, 0.2) is 0 Å². The van der Waals surface area contributed by atoms with Gasteiger partial charge in [0.1, 0.15) is 0 Å². The van der Waals surface area contributed by atoms with E-state index in [1.54, 1.807) is 0 Å². The van der Waals surface area contributed by atoms with E-state index in [1.807, 2.05) is 11.8 Å². The second-order valence-electron chi connectivity index (χ2n) is 16.2. The first kappa shape index (κ1) is 31.2. The topological polar surface area (TPSA) is 0 Å². The van der Waals surface area contributed by atoms with Gasteiger partial charge in [0.2, 0.25) is 0 Å². The van der Waals surface area contributed by atoms with E-state index in [-0.39, 0.29) is 10.8 Å². The molecule has 7 aromatic rings. The van der Waals surface area contributed by atoms with E-state index in [4.69, 9.17) is 0 Å². The van der Waals surface area contributed by atoms with Crippen LogP contribution in [0.15, 0.2) is 155 Å². The quantitative estimate of drug-likeness (QED) is 0.181. The summed E-state index contributed by atoms with van der Waals surface area (Å²) >= 11 is 1.89. The minimum atomic E-state index is -0.473. The van der Waals surface area contributed by atoms with Crippen LogP contribution < -0.4 is 0 Å². The Morgan fingerprint density at radius 2 is 1.02 bits per heavy atom. The molecule has 2 aliphatic rings. The molecule has 0 atom stereocenters. The summed E-state index contributed by atoms with van der Waals surface area (Å²) in [6, 6.07) is 55.6. The van der Waals surface area contributed by atoms with Crippen LogP contribution in [0.5, 0.6) is 0 Å². The van der Waals surface area contributed by atoms with Crippen molar-refractivity contribution in [2.45, 2.75) is 67.6 Å². The molecule has 0 radical (unpaired) electrons. The van der Waals surface area contributed by atoms with E-state index in [0.29, 0.717) is 0 Å². The van der Waals surface area contributed by atoms with Crippen molar-refractivity contribution < 1.29 is 0 Å². The molecule has 244 valence electrons. The lowest BCUT2D eigenvalue weighted by Crippen LogP contribution is -2.30. The van der Waals surface area contributed by atoms with Gasteiger partial charge in [-0.25, -0.2) is 0 Å². The van der Waals surface area contributed by atoms with Crippen molar-refractivity contribution in [1.82, 2.24) is 0 Å². The molecule has 50 heavy (non-hydrogen) atoms. The molecular weight excluding hydrogens is 621 g/mol. The molecule has 1 aliphatic heterocycles. The van der Waals surface area contributed by atoms with Crippen molar-refractivity contribution >= 4 is 22.5 Å². The number of fused-ring (bicyclic) bond motifs is 5. The van der Waals surface area contributed by atoms with E-state index in [2.05, 4.69) is 187 Å². The Labute approximate surface area is 301 Å². The molecule has 0 saturated heterocycles. The lowest BCUT2D eigenvalue weighted by molar-refractivity contribution is 0.585. The highest BCUT2D eigenvalue weighted by Crippen LogP contribution is 2.59. The molecule has 7 aromatic carbocycles. The SMILES string of the molecule is CC(C)(C)c1cccc(C2(c3cccc(C(C)(C)C)c3)c3ccccc3-c3c(-c4ccc5c(c4)-c4cccc6cccc(c46)S5)cccc32)c1. The van der Waals surface area contributed by atoms with Crippen molar-refractivity contribution in [2.24, 2.45) is 0 Å². The summed E-state index contributed by atoms with van der Waals surface area (Å²) in [5, 5.41) is 2.67. The average molecular weight is 663 g/mol. The maximum absolute atomic E-state index is 2.48. The monoisotopic (exact) mass is 662 g/mol. The molecule has 1 heterocycles. The Kier molecular flexibility index (Phi) is 6.90. The van der Waals surface area contributed by atoms with Crippen molar-refractivity contribution in [3.8, 4) is 33.4 Å². The zero-order chi connectivity index (χ0) is 34.4. The van der Waals surface area contributed by atoms with Crippen LogP contribution in [0, 0.1) is 0 Å². The first-order valence-corrected chi connectivity index (χ1v) is 18.7. The third kappa shape index (κ3) is 4.60. The summed E-state index contributed by atoms with van der Waals surface area (Å²) < 4.78 is 0. The van der Waals surface area contributed by atoms with Crippen molar-refractivity contribution in [2.75, 3.05) is 0 Å². The second-order valence-corrected chi connectivity index (χ2v) is 17.2. The number of benzene rings is 7. The van der Waals surface area contributed by atoms with Crippen molar-refractivity contribution in [1.29, 1.82) is 0 Å². The van der Waals surface area contributed by atoms with E-state index in [1.165, 1.54) is 87.3 Å². The summed E-state index contributed by atoms with van der Waals surface area (Å²) in [4.78, 5) is 2.66. The number of rotatable bonds is 3. The van der Waals surface area contributed by atoms with E-state index in [0.717, 1.165) is 0 Å². The summed E-state index contributed by atoms with van der Waals surface area (Å²) in [5.74, 6) is 0. The largest absolute Gasteiger partial charge is 0.0888 e. The Bertz CT molecular complexity index is 2420. The molecule has 0 aromatic heterocycles. The van der Waals surface area contributed by atoms with Crippen LogP contribution in [0.25, 0.3) is 44.2 Å². The van der Waals surface area contributed by atoms with Gasteiger partial charge in [-0.15, -0.1) is 0 Å².